The highest BCUT2D eigenvalue weighted by atomic mass is 32.2. The van der Waals surface area contributed by atoms with E-state index < -0.39 is 10.0 Å². The Morgan fingerprint density at radius 2 is 2.33 bits per heavy atom. The van der Waals surface area contributed by atoms with Gasteiger partial charge in [-0.05, 0) is 6.42 Å². The van der Waals surface area contributed by atoms with Gasteiger partial charge in [0.1, 0.15) is 4.90 Å². The summed E-state index contributed by atoms with van der Waals surface area (Å²) >= 11 is 0. The fourth-order valence-electron chi connectivity index (χ4n) is 1.29. The number of nitrogens with zero attached hydrogens (tertiary/aromatic N) is 2. The van der Waals surface area contributed by atoms with E-state index in [2.05, 4.69) is 16.4 Å². The number of aromatic nitrogens is 2. The van der Waals surface area contributed by atoms with Gasteiger partial charge in [0.15, 0.2) is 5.82 Å². The van der Waals surface area contributed by atoms with Crippen LogP contribution in [0.15, 0.2) is 23.7 Å². The van der Waals surface area contributed by atoms with Gasteiger partial charge in [-0.25, -0.2) is 13.1 Å². The van der Waals surface area contributed by atoms with Crippen molar-refractivity contribution in [3.63, 3.8) is 0 Å². The molecule has 0 saturated carbocycles. The molecule has 8 heteroatoms. The van der Waals surface area contributed by atoms with Crippen molar-refractivity contribution in [2.45, 2.75) is 11.3 Å². The molecular weight excluding hydrogens is 256 g/mol. The molecule has 18 heavy (non-hydrogen) atoms. The number of nitrogens with two attached hydrogens (primary N) is 1. The summed E-state index contributed by atoms with van der Waals surface area (Å²) in [4.78, 5) is -0.0175. The lowest BCUT2D eigenvalue weighted by Gasteiger charge is -2.05. The van der Waals surface area contributed by atoms with Gasteiger partial charge in [-0.1, -0.05) is 6.08 Å². The molecule has 0 unspecified atom stereocenters. The Morgan fingerprint density at radius 1 is 1.61 bits per heavy atom. The number of anilines is 1. The molecule has 1 rings (SSSR count). The molecule has 0 atom stereocenters. The third-order valence-corrected chi connectivity index (χ3v) is 3.59. The van der Waals surface area contributed by atoms with Crippen LogP contribution in [-0.4, -0.2) is 38.0 Å². The molecular formula is C10H18N4O3S. The average molecular weight is 274 g/mol. The van der Waals surface area contributed by atoms with Crippen LogP contribution in [0, 0.1) is 0 Å². The maximum atomic E-state index is 11.8. The molecule has 7 nitrogen and oxygen atoms in total. The van der Waals surface area contributed by atoms with Crippen molar-refractivity contribution in [2.75, 3.05) is 25.5 Å². The maximum absolute atomic E-state index is 11.8. The van der Waals surface area contributed by atoms with Crippen LogP contribution in [-0.2, 0) is 21.8 Å². The minimum Gasteiger partial charge on any atom is -0.381 e. The third kappa shape index (κ3) is 4.13. The molecule has 102 valence electrons. The van der Waals surface area contributed by atoms with Gasteiger partial charge < -0.3 is 10.5 Å². The van der Waals surface area contributed by atoms with Gasteiger partial charge >= 0.3 is 0 Å². The van der Waals surface area contributed by atoms with E-state index in [1.165, 1.54) is 10.9 Å². The standard InChI is InChI=1S/C10H18N4O3S/c1-3-4-6-17-7-5-12-18(15,16)9-8-14(2)13-10(9)11/h3,8,12H,1,4-7H2,2H3,(H2,11,13). The molecule has 1 heterocycles. The lowest BCUT2D eigenvalue weighted by Crippen LogP contribution is -2.27. The van der Waals surface area contributed by atoms with E-state index in [0.717, 1.165) is 6.42 Å². The van der Waals surface area contributed by atoms with Crippen molar-refractivity contribution in [3.05, 3.63) is 18.9 Å². The van der Waals surface area contributed by atoms with E-state index in [-0.39, 0.29) is 17.3 Å². The van der Waals surface area contributed by atoms with Gasteiger partial charge in [0, 0.05) is 19.8 Å². The van der Waals surface area contributed by atoms with Crippen molar-refractivity contribution in [1.82, 2.24) is 14.5 Å². The first-order valence-electron chi connectivity index (χ1n) is 5.45. The highest BCUT2D eigenvalue weighted by molar-refractivity contribution is 7.89. The van der Waals surface area contributed by atoms with Gasteiger partial charge in [-0.2, -0.15) is 5.10 Å². The monoisotopic (exact) mass is 274 g/mol. The van der Waals surface area contributed by atoms with Gasteiger partial charge in [0.2, 0.25) is 10.0 Å². The summed E-state index contributed by atoms with van der Waals surface area (Å²) in [6.07, 6.45) is 3.83. The molecule has 0 radical (unpaired) electrons. The molecule has 0 fully saturated rings. The molecule has 3 N–H and O–H groups in total. The Balaban J connectivity index is 2.46. The largest absolute Gasteiger partial charge is 0.381 e. The number of hydrogen-bond acceptors (Lipinski definition) is 5. The normalized spacial score (nSPS) is 11.6. The van der Waals surface area contributed by atoms with Crippen molar-refractivity contribution in [2.24, 2.45) is 7.05 Å². The van der Waals surface area contributed by atoms with Crippen LogP contribution in [0.5, 0.6) is 0 Å². The molecule has 0 aromatic carbocycles. The van der Waals surface area contributed by atoms with E-state index in [1.807, 2.05) is 0 Å². The molecule has 1 aromatic rings. The summed E-state index contributed by atoms with van der Waals surface area (Å²) in [5.74, 6) is -0.0161. The zero-order valence-electron chi connectivity index (χ0n) is 10.3. The zero-order chi connectivity index (χ0) is 13.6. The molecule has 0 saturated heterocycles. The lowest BCUT2D eigenvalue weighted by atomic mass is 10.5. The average Bonchev–Trinajstić information content (AvgIpc) is 2.63. The Labute approximate surface area is 107 Å². The predicted molar refractivity (Wildman–Crippen MR) is 68.4 cm³/mol. The number of nitrogens with one attached hydrogen (secondary N) is 1. The first-order valence-corrected chi connectivity index (χ1v) is 6.93. The second kappa shape index (κ2) is 6.53. The third-order valence-electron chi connectivity index (χ3n) is 2.12. The molecule has 0 spiro atoms. The smallest absolute Gasteiger partial charge is 0.245 e. The number of aryl methyl sites for hydroxylation is 1. The molecule has 1 aromatic heterocycles. The zero-order valence-corrected chi connectivity index (χ0v) is 11.1. The first kappa shape index (κ1) is 14.7. The minimum atomic E-state index is -3.62. The number of sulfonamides is 1. The fourth-order valence-corrected chi connectivity index (χ4v) is 2.40. The van der Waals surface area contributed by atoms with Gasteiger partial charge in [0.05, 0.1) is 13.2 Å². The van der Waals surface area contributed by atoms with Gasteiger partial charge in [-0.3, -0.25) is 4.68 Å². The van der Waals surface area contributed by atoms with Crippen molar-refractivity contribution in [1.29, 1.82) is 0 Å². The second-order valence-corrected chi connectivity index (χ2v) is 5.38. The SMILES string of the molecule is C=CCCOCCNS(=O)(=O)c1cn(C)nc1N. The van der Waals surface area contributed by atoms with Crippen molar-refractivity contribution < 1.29 is 13.2 Å². The minimum absolute atomic E-state index is 0.0161. The lowest BCUT2D eigenvalue weighted by molar-refractivity contribution is 0.144. The molecule has 0 amide bonds. The van der Waals surface area contributed by atoms with Crippen molar-refractivity contribution in [3.8, 4) is 0 Å². The molecule has 0 bridgehead atoms. The Hall–Kier alpha value is -1.38. The quantitative estimate of drug-likeness (QED) is 0.508. The summed E-state index contributed by atoms with van der Waals surface area (Å²) in [7, 11) is -2.02. The Kier molecular flexibility index (Phi) is 5.32. The van der Waals surface area contributed by atoms with E-state index in [4.69, 9.17) is 10.5 Å². The number of rotatable bonds is 8. The number of hydrogen-bond donors (Lipinski definition) is 2. The summed E-state index contributed by atoms with van der Waals surface area (Å²) in [6, 6.07) is 0. The van der Waals surface area contributed by atoms with Crippen LogP contribution >= 0.6 is 0 Å². The van der Waals surface area contributed by atoms with Crippen LogP contribution in [0.1, 0.15) is 6.42 Å². The summed E-state index contributed by atoms with van der Waals surface area (Å²) in [6.45, 7) is 4.57. The van der Waals surface area contributed by atoms with Crippen LogP contribution < -0.4 is 10.5 Å². The molecule has 0 aliphatic rings. The van der Waals surface area contributed by atoms with Crippen LogP contribution in [0.2, 0.25) is 0 Å². The summed E-state index contributed by atoms with van der Waals surface area (Å²) in [5.41, 5.74) is 5.50. The Bertz CT molecular complexity index is 495. The van der Waals surface area contributed by atoms with Gasteiger partial charge in [0.25, 0.3) is 0 Å². The predicted octanol–water partition coefficient (Wildman–Crippen LogP) is -0.127. The number of nitrogen functional groups attached to an aromatic ring is 1. The van der Waals surface area contributed by atoms with Crippen LogP contribution in [0.4, 0.5) is 5.82 Å². The summed E-state index contributed by atoms with van der Waals surface area (Å²) in [5, 5.41) is 3.78. The number of ether oxygens (including phenoxy) is 1. The summed E-state index contributed by atoms with van der Waals surface area (Å²) < 4.78 is 32.6. The van der Waals surface area contributed by atoms with E-state index in [9.17, 15) is 8.42 Å². The van der Waals surface area contributed by atoms with Crippen molar-refractivity contribution >= 4 is 15.8 Å². The Morgan fingerprint density at radius 3 is 2.89 bits per heavy atom. The van der Waals surface area contributed by atoms with Crippen LogP contribution in [0.3, 0.4) is 0 Å². The van der Waals surface area contributed by atoms with Gasteiger partial charge in [-0.15, -0.1) is 6.58 Å². The highest BCUT2D eigenvalue weighted by Crippen LogP contribution is 2.14. The van der Waals surface area contributed by atoms with E-state index in [0.29, 0.717) is 13.2 Å². The fraction of sp³-hybridized carbons (Fsp3) is 0.500. The van der Waals surface area contributed by atoms with E-state index in [1.54, 1.807) is 13.1 Å². The van der Waals surface area contributed by atoms with Crippen LogP contribution in [0.25, 0.3) is 0 Å². The molecule has 0 aliphatic carbocycles. The molecule has 0 aliphatic heterocycles. The van der Waals surface area contributed by atoms with E-state index >= 15 is 0 Å². The highest BCUT2D eigenvalue weighted by Gasteiger charge is 2.19. The maximum Gasteiger partial charge on any atom is 0.245 e. The second-order valence-electron chi connectivity index (χ2n) is 3.64. The first-order chi connectivity index (χ1) is 8.47. The topological polar surface area (TPSA) is 99.2 Å².